The van der Waals surface area contributed by atoms with Crippen molar-refractivity contribution in [2.75, 3.05) is 13.2 Å². The normalized spacial score (nSPS) is 24.1. The van der Waals surface area contributed by atoms with E-state index in [2.05, 4.69) is 0 Å². The van der Waals surface area contributed by atoms with Crippen molar-refractivity contribution in [3.05, 3.63) is 0 Å². The van der Waals surface area contributed by atoms with Crippen LogP contribution < -0.4 is 0 Å². The van der Waals surface area contributed by atoms with Crippen molar-refractivity contribution in [3.63, 3.8) is 0 Å². The van der Waals surface area contributed by atoms with Gasteiger partial charge in [0, 0.05) is 12.3 Å². The van der Waals surface area contributed by atoms with Crippen LogP contribution in [-0.2, 0) is 19.1 Å². The molecule has 4 heteroatoms. The summed E-state index contributed by atoms with van der Waals surface area (Å²) in [4.78, 5) is 22.0. The lowest BCUT2D eigenvalue weighted by atomic mass is 10.3. The highest BCUT2D eigenvalue weighted by Crippen LogP contribution is 2.39. The van der Waals surface area contributed by atoms with Gasteiger partial charge in [0.05, 0.1) is 19.1 Å². The minimum atomic E-state index is -0.209. The number of hydrogen-bond donors (Lipinski definition) is 0. The fraction of sp³-hybridized carbons (Fsp3) is 0.800. The lowest BCUT2D eigenvalue weighted by Crippen LogP contribution is -2.11. The van der Waals surface area contributed by atoms with Gasteiger partial charge in [-0.2, -0.15) is 0 Å². The van der Waals surface area contributed by atoms with Gasteiger partial charge in [0.25, 0.3) is 0 Å². The highest BCUT2D eigenvalue weighted by molar-refractivity contribution is 5.76. The zero-order valence-corrected chi connectivity index (χ0v) is 8.62. The molecule has 2 atom stereocenters. The molecule has 0 aromatic heterocycles. The molecule has 4 nitrogen and oxygen atoms in total. The molecule has 0 N–H and O–H groups in total. The molecule has 0 heterocycles. The number of carbonyl (C=O) groups excluding carboxylic acids is 2. The third kappa shape index (κ3) is 3.01. The zero-order valence-electron chi connectivity index (χ0n) is 8.62. The molecule has 0 aromatic carbocycles. The number of carbonyl (C=O) groups is 2. The molecule has 0 aliphatic heterocycles. The van der Waals surface area contributed by atoms with E-state index in [1.165, 1.54) is 0 Å². The molecule has 1 saturated carbocycles. The summed E-state index contributed by atoms with van der Waals surface area (Å²) in [7, 11) is 0. The Morgan fingerprint density at radius 3 is 2.57 bits per heavy atom. The highest BCUT2D eigenvalue weighted by atomic mass is 16.5. The zero-order chi connectivity index (χ0) is 10.6. The molecular weight excluding hydrogens is 184 g/mol. The quantitative estimate of drug-likeness (QED) is 0.624. The fourth-order valence-corrected chi connectivity index (χ4v) is 1.27. The lowest BCUT2D eigenvalue weighted by Gasteiger charge is -2.02. The van der Waals surface area contributed by atoms with Crippen molar-refractivity contribution in [2.24, 2.45) is 11.8 Å². The molecule has 1 rings (SSSR count). The smallest absolute Gasteiger partial charge is 0.309 e. The Hall–Kier alpha value is -1.06. The molecule has 0 bridgehead atoms. The van der Waals surface area contributed by atoms with Crippen molar-refractivity contribution in [1.82, 2.24) is 0 Å². The van der Waals surface area contributed by atoms with Gasteiger partial charge < -0.3 is 9.47 Å². The molecule has 0 saturated heterocycles. The van der Waals surface area contributed by atoms with E-state index in [4.69, 9.17) is 9.47 Å². The van der Waals surface area contributed by atoms with E-state index < -0.39 is 0 Å². The van der Waals surface area contributed by atoms with Crippen LogP contribution in [-0.4, -0.2) is 25.2 Å². The van der Waals surface area contributed by atoms with Crippen LogP contribution in [0.2, 0.25) is 0 Å². The molecule has 0 aromatic rings. The monoisotopic (exact) mass is 200 g/mol. The van der Waals surface area contributed by atoms with E-state index in [1.807, 2.05) is 0 Å². The Labute approximate surface area is 83.6 Å². The summed E-state index contributed by atoms with van der Waals surface area (Å²) < 4.78 is 9.78. The SMILES string of the molecule is CCOC(=O)C1CC1COC(=O)CC. The van der Waals surface area contributed by atoms with Crippen molar-refractivity contribution >= 4 is 11.9 Å². The van der Waals surface area contributed by atoms with E-state index in [1.54, 1.807) is 13.8 Å². The fourth-order valence-electron chi connectivity index (χ4n) is 1.27. The largest absolute Gasteiger partial charge is 0.466 e. The topological polar surface area (TPSA) is 52.6 Å². The Morgan fingerprint density at radius 2 is 2.00 bits per heavy atom. The summed E-state index contributed by atoms with van der Waals surface area (Å²) in [6, 6.07) is 0. The minimum Gasteiger partial charge on any atom is -0.466 e. The van der Waals surface area contributed by atoms with E-state index in [9.17, 15) is 9.59 Å². The van der Waals surface area contributed by atoms with E-state index in [0.29, 0.717) is 19.6 Å². The molecule has 0 amide bonds. The molecule has 1 aliphatic rings. The maximum absolute atomic E-state index is 11.2. The summed E-state index contributed by atoms with van der Waals surface area (Å²) in [5.74, 6) is -0.228. The van der Waals surface area contributed by atoms with Crippen LogP contribution in [0.1, 0.15) is 26.7 Å². The van der Waals surface area contributed by atoms with Gasteiger partial charge in [-0.05, 0) is 13.3 Å². The lowest BCUT2D eigenvalue weighted by molar-refractivity contribution is -0.148. The van der Waals surface area contributed by atoms with Gasteiger partial charge in [0.2, 0.25) is 0 Å². The number of hydrogen-bond acceptors (Lipinski definition) is 4. The summed E-state index contributed by atoms with van der Waals surface area (Å²) in [5.41, 5.74) is 0. The van der Waals surface area contributed by atoms with Gasteiger partial charge in [-0.25, -0.2) is 0 Å². The average molecular weight is 200 g/mol. The average Bonchev–Trinajstić information content (AvgIpc) is 2.94. The number of rotatable bonds is 5. The van der Waals surface area contributed by atoms with Gasteiger partial charge in [0.1, 0.15) is 0 Å². The first-order valence-electron chi connectivity index (χ1n) is 5.01. The van der Waals surface area contributed by atoms with Crippen LogP contribution >= 0.6 is 0 Å². The van der Waals surface area contributed by atoms with Gasteiger partial charge in [-0.3, -0.25) is 9.59 Å². The van der Waals surface area contributed by atoms with Crippen LogP contribution in [0.15, 0.2) is 0 Å². The van der Waals surface area contributed by atoms with Crippen LogP contribution in [0.5, 0.6) is 0 Å². The molecule has 14 heavy (non-hydrogen) atoms. The van der Waals surface area contributed by atoms with Gasteiger partial charge >= 0.3 is 11.9 Å². The molecule has 0 spiro atoms. The Bertz CT molecular complexity index is 224. The van der Waals surface area contributed by atoms with Gasteiger partial charge in [-0.15, -0.1) is 0 Å². The number of esters is 2. The number of ether oxygens (including phenoxy) is 2. The third-order valence-corrected chi connectivity index (χ3v) is 2.26. The molecule has 2 unspecified atom stereocenters. The van der Waals surface area contributed by atoms with Crippen molar-refractivity contribution in [3.8, 4) is 0 Å². The second-order valence-corrected chi connectivity index (χ2v) is 3.39. The predicted molar refractivity (Wildman–Crippen MR) is 49.5 cm³/mol. The van der Waals surface area contributed by atoms with Crippen molar-refractivity contribution in [2.45, 2.75) is 26.7 Å². The maximum Gasteiger partial charge on any atom is 0.309 e. The van der Waals surface area contributed by atoms with Crippen LogP contribution in [0, 0.1) is 11.8 Å². The first kappa shape index (κ1) is 11.0. The maximum atomic E-state index is 11.2. The second-order valence-electron chi connectivity index (χ2n) is 3.39. The van der Waals surface area contributed by atoms with E-state index in [-0.39, 0.29) is 23.8 Å². The van der Waals surface area contributed by atoms with Crippen LogP contribution in [0.4, 0.5) is 0 Å². The molecule has 80 valence electrons. The standard InChI is InChI=1S/C10H16O4/c1-3-9(11)14-6-7-5-8(7)10(12)13-4-2/h7-8H,3-6H2,1-2H3. The summed E-state index contributed by atoms with van der Waals surface area (Å²) in [5, 5.41) is 0. The van der Waals surface area contributed by atoms with Crippen LogP contribution in [0.25, 0.3) is 0 Å². The minimum absolute atomic E-state index is 0.0420. The van der Waals surface area contributed by atoms with Crippen molar-refractivity contribution in [1.29, 1.82) is 0 Å². The van der Waals surface area contributed by atoms with Gasteiger partial charge in [0.15, 0.2) is 0 Å². The Kier molecular flexibility index (Phi) is 3.92. The molecule has 1 fully saturated rings. The molecular formula is C10H16O4. The predicted octanol–water partition coefficient (Wildman–Crippen LogP) is 1.14. The van der Waals surface area contributed by atoms with Gasteiger partial charge in [-0.1, -0.05) is 6.92 Å². The third-order valence-electron chi connectivity index (χ3n) is 2.26. The van der Waals surface area contributed by atoms with E-state index >= 15 is 0 Å². The molecule has 0 radical (unpaired) electrons. The Morgan fingerprint density at radius 1 is 1.29 bits per heavy atom. The first-order valence-corrected chi connectivity index (χ1v) is 5.01. The van der Waals surface area contributed by atoms with Crippen LogP contribution in [0.3, 0.4) is 0 Å². The molecule has 1 aliphatic carbocycles. The highest BCUT2D eigenvalue weighted by Gasteiger charge is 2.44. The van der Waals surface area contributed by atoms with Crippen molar-refractivity contribution < 1.29 is 19.1 Å². The first-order chi connectivity index (χ1) is 6.69. The van der Waals surface area contributed by atoms with E-state index in [0.717, 1.165) is 6.42 Å². The summed E-state index contributed by atoms with van der Waals surface area (Å²) in [6.45, 7) is 4.30. The Balaban J connectivity index is 2.13. The summed E-state index contributed by atoms with van der Waals surface area (Å²) in [6.07, 6.45) is 1.17. The second kappa shape index (κ2) is 4.98. The summed E-state index contributed by atoms with van der Waals surface area (Å²) >= 11 is 0.